The highest BCUT2D eigenvalue weighted by Crippen LogP contribution is 2.43. The Morgan fingerprint density at radius 2 is 2.26 bits per heavy atom. The fourth-order valence-electron chi connectivity index (χ4n) is 3.38. The zero-order valence-electron chi connectivity index (χ0n) is 11.5. The number of nitrogens with zero attached hydrogens (tertiary/aromatic N) is 3. The molecule has 2 fully saturated rings. The number of ether oxygens (including phenoxy) is 1. The molecule has 2 unspecified atom stereocenters. The fraction of sp³-hybridized carbons (Fsp3) is 0.857. The Bertz CT molecular complexity index is 428. The highest BCUT2D eigenvalue weighted by molar-refractivity contribution is 9.09. The predicted octanol–water partition coefficient (Wildman–Crippen LogP) is 3.62. The molecule has 5 heteroatoms. The lowest BCUT2D eigenvalue weighted by Crippen LogP contribution is -2.26. The lowest BCUT2D eigenvalue weighted by atomic mass is 9.98. The SMILES string of the molecule is CCC(Br)c1cn(CC2CCC3(CCCC3)O2)nn1. The Morgan fingerprint density at radius 3 is 3.00 bits per heavy atom. The Hall–Kier alpha value is -0.420. The monoisotopic (exact) mass is 327 g/mol. The molecule has 0 amide bonds. The molecule has 2 aliphatic rings. The van der Waals surface area contributed by atoms with Crippen molar-refractivity contribution in [2.75, 3.05) is 0 Å². The summed E-state index contributed by atoms with van der Waals surface area (Å²) in [5, 5.41) is 8.45. The van der Waals surface area contributed by atoms with Crippen LogP contribution in [0.25, 0.3) is 0 Å². The van der Waals surface area contributed by atoms with Gasteiger partial charge in [-0.2, -0.15) is 0 Å². The van der Waals surface area contributed by atoms with Crippen LogP contribution in [0.3, 0.4) is 0 Å². The van der Waals surface area contributed by atoms with E-state index in [1.165, 1.54) is 38.5 Å². The summed E-state index contributed by atoms with van der Waals surface area (Å²) in [5.41, 5.74) is 1.24. The molecular weight excluding hydrogens is 306 g/mol. The first-order valence-corrected chi connectivity index (χ1v) is 8.34. The standard InChI is InChI=1S/C14H22BrN3O/c1-2-12(15)13-10-18(17-16-13)9-11-5-8-14(19-11)6-3-4-7-14/h10-12H,2-9H2,1H3. The summed E-state index contributed by atoms with van der Waals surface area (Å²) in [6.07, 6.45) is 11.0. The second-order valence-corrected chi connectivity index (χ2v) is 7.02. The van der Waals surface area contributed by atoms with Gasteiger partial charge in [0.1, 0.15) is 0 Å². The molecule has 0 N–H and O–H groups in total. The number of aromatic nitrogens is 3. The Balaban J connectivity index is 1.58. The van der Waals surface area contributed by atoms with Crippen molar-refractivity contribution >= 4 is 15.9 Å². The summed E-state index contributed by atoms with van der Waals surface area (Å²) in [7, 11) is 0. The van der Waals surface area contributed by atoms with Crippen molar-refractivity contribution < 1.29 is 4.74 Å². The van der Waals surface area contributed by atoms with Crippen LogP contribution in [0.2, 0.25) is 0 Å². The maximum Gasteiger partial charge on any atom is 0.0963 e. The summed E-state index contributed by atoms with van der Waals surface area (Å²) in [4.78, 5) is 0.312. The molecule has 2 heterocycles. The van der Waals surface area contributed by atoms with Crippen LogP contribution in [0.15, 0.2) is 6.20 Å². The van der Waals surface area contributed by atoms with Gasteiger partial charge in [0.05, 0.1) is 28.8 Å². The van der Waals surface area contributed by atoms with Crippen molar-refractivity contribution in [1.82, 2.24) is 15.0 Å². The molecule has 19 heavy (non-hydrogen) atoms. The van der Waals surface area contributed by atoms with E-state index in [0.717, 1.165) is 18.7 Å². The van der Waals surface area contributed by atoms with Gasteiger partial charge in [-0.05, 0) is 32.1 Å². The summed E-state index contributed by atoms with van der Waals surface area (Å²) in [6.45, 7) is 2.99. The van der Waals surface area contributed by atoms with Gasteiger partial charge in [0, 0.05) is 6.20 Å². The molecule has 1 aromatic rings. The number of alkyl halides is 1. The van der Waals surface area contributed by atoms with Gasteiger partial charge in [-0.15, -0.1) is 5.10 Å². The van der Waals surface area contributed by atoms with E-state index < -0.39 is 0 Å². The molecule has 1 saturated heterocycles. The lowest BCUT2D eigenvalue weighted by Gasteiger charge is -2.23. The summed E-state index contributed by atoms with van der Waals surface area (Å²) >= 11 is 3.61. The topological polar surface area (TPSA) is 39.9 Å². The number of hydrogen-bond donors (Lipinski definition) is 0. The van der Waals surface area contributed by atoms with Gasteiger partial charge in [0.2, 0.25) is 0 Å². The van der Waals surface area contributed by atoms with Crippen LogP contribution < -0.4 is 0 Å². The predicted molar refractivity (Wildman–Crippen MR) is 77.3 cm³/mol. The number of rotatable bonds is 4. The van der Waals surface area contributed by atoms with Crippen molar-refractivity contribution in [3.05, 3.63) is 11.9 Å². The van der Waals surface area contributed by atoms with Crippen LogP contribution >= 0.6 is 15.9 Å². The number of halogens is 1. The van der Waals surface area contributed by atoms with E-state index in [-0.39, 0.29) is 5.60 Å². The van der Waals surface area contributed by atoms with Gasteiger partial charge in [-0.1, -0.05) is 40.9 Å². The van der Waals surface area contributed by atoms with Gasteiger partial charge < -0.3 is 4.74 Å². The van der Waals surface area contributed by atoms with Crippen LogP contribution in [0.4, 0.5) is 0 Å². The Morgan fingerprint density at radius 1 is 1.47 bits per heavy atom. The molecule has 1 saturated carbocycles. The van der Waals surface area contributed by atoms with Crippen LogP contribution in [0.1, 0.15) is 62.4 Å². The molecular formula is C14H22BrN3O. The van der Waals surface area contributed by atoms with Crippen molar-refractivity contribution in [2.24, 2.45) is 0 Å². The smallest absolute Gasteiger partial charge is 0.0963 e. The fourth-order valence-corrected chi connectivity index (χ4v) is 3.58. The summed E-state index contributed by atoms with van der Waals surface area (Å²) in [5.74, 6) is 0. The maximum absolute atomic E-state index is 6.31. The van der Waals surface area contributed by atoms with Gasteiger partial charge in [0.25, 0.3) is 0 Å². The summed E-state index contributed by atoms with van der Waals surface area (Å²) in [6, 6.07) is 0. The second-order valence-electron chi connectivity index (χ2n) is 5.91. The van der Waals surface area contributed by atoms with Crippen molar-refractivity contribution in [3.63, 3.8) is 0 Å². The average molecular weight is 328 g/mol. The maximum atomic E-state index is 6.31. The largest absolute Gasteiger partial charge is 0.370 e. The van der Waals surface area contributed by atoms with Gasteiger partial charge in [0.15, 0.2) is 0 Å². The molecule has 1 aliphatic carbocycles. The summed E-state index contributed by atoms with van der Waals surface area (Å²) < 4.78 is 8.25. The molecule has 0 aromatic carbocycles. The first-order valence-electron chi connectivity index (χ1n) is 7.43. The molecule has 1 spiro atoms. The molecule has 106 valence electrons. The van der Waals surface area contributed by atoms with Crippen LogP contribution in [0.5, 0.6) is 0 Å². The first-order chi connectivity index (χ1) is 9.21. The molecule has 1 aliphatic heterocycles. The van der Waals surface area contributed by atoms with Gasteiger partial charge in [-0.3, -0.25) is 0 Å². The zero-order chi connectivity index (χ0) is 13.3. The zero-order valence-corrected chi connectivity index (χ0v) is 13.1. The van der Waals surface area contributed by atoms with E-state index in [0.29, 0.717) is 10.9 Å². The normalized spacial score (nSPS) is 27.2. The van der Waals surface area contributed by atoms with E-state index in [2.05, 4.69) is 33.2 Å². The second kappa shape index (κ2) is 5.52. The molecule has 2 atom stereocenters. The van der Waals surface area contributed by atoms with E-state index in [1.807, 2.05) is 10.9 Å². The highest BCUT2D eigenvalue weighted by Gasteiger charge is 2.42. The number of hydrogen-bond acceptors (Lipinski definition) is 3. The first kappa shape index (κ1) is 13.6. The molecule has 3 rings (SSSR count). The minimum atomic E-state index is 0.218. The van der Waals surface area contributed by atoms with E-state index in [9.17, 15) is 0 Å². The van der Waals surface area contributed by atoms with Gasteiger partial charge in [-0.25, -0.2) is 4.68 Å². The van der Waals surface area contributed by atoms with Crippen LogP contribution in [-0.4, -0.2) is 26.7 Å². The molecule has 0 bridgehead atoms. The quantitative estimate of drug-likeness (QED) is 0.793. The molecule has 1 aromatic heterocycles. The molecule has 0 radical (unpaired) electrons. The third kappa shape index (κ3) is 2.87. The van der Waals surface area contributed by atoms with Gasteiger partial charge >= 0.3 is 0 Å². The lowest BCUT2D eigenvalue weighted by molar-refractivity contribution is -0.0430. The van der Waals surface area contributed by atoms with Crippen molar-refractivity contribution in [1.29, 1.82) is 0 Å². The Labute approximate surface area is 123 Å². The minimum absolute atomic E-state index is 0.218. The minimum Gasteiger partial charge on any atom is -0.370 e. The van der Waals surface area contributed by atoms with E-state index >= 15 is 0 Å². The average Bonchev–Trinajstić information content (AvgIpc) is 3.13. The van der Waals surface area contributed by atoms with E-state index in [4.69, 9.17) is 4.74 Å². The van der Waals surface area contributed by atoms with Crippen LogP contribution in [-0.2, 0) is 11.3 Å². The van der Waals surface area contributed by atoms with E-state index in [1.54, 1.807) is 0 Å². The highest BCUT2D eigenvalue weighted by atomic mass is 79.9. The van der Waals surface area contributed by atoms with Crippen molar-refractivity contribution in [3.8, 4) is 0 Å². The van der Waals surface area contributed by atoms with Crippen molar-refractivity contribution in [2.45, 2.75) is 74.9 Å². The molecule has 4 nitrogen and oxygen atoms in total. The third-order valence-electron chi connectivity index (χ3n) is 4.48. The Kier molecular flexibility index (Phi) is 3.94. The van der Waals surface area contributed by atoms with Crippen LogP contribution in [0, 0.1) is 0 Å². The third-order valence-corrected chi connectivity index (χ3v) is 5.60.